The quantitative estimate of drug-likeness (QED) is 0.473. The molecule has 2 fully saturated rings. The molecule has 10 nitrogen and oxygen atoms in total. The maximum Gasteiger partial charge on any atom is 0.260 e. The Labute approximate surface area is 222 Å². The van der Waals surface area contributed by atoms with Crippen LogP contribution in [0.1, 0.15) is 51.4 Å². The van der Waals surface area contributed by atoms with E-state index in [-0.39, 0.29) is 28.1 Å². The van der Waals surface area contributed by atoms with E-state index >= 15 is 0 Å². The zero-order valence-corrected chi connectivity index (χ0v) is 22.9. The second-order valence-corrected chi connectivity index (χ2v) is 14.3. The van der Waals surface area contributed by atoms with Crippen molar-refractivity contribution in [2.45, 2.75) is 72.7 Å². The lowest BCUT2D eigenvalue weighted by molar-refractivity contribution is -0.128. The van der Waals surface area contributed by atoms with Gasteiger partial charge < -0.3 is 5.32 Å². The van der Waals surface area contributed by atoms with Gasteiger partial charge in [-0.1, -0.05) is 44.2 Å². The van der Waals surface area contributed by atoms with Gasteiger partial charge in [0.25, 0.3) is 20.0 Å². The van der Waals surface area contributed by atoms with Crippen molar-refractivity contribution >= 4 is 43.1 Å². The van der Waals surface area contributed by atoms with Crippen molar-refractivity contribution in [3.8, 4) is 0 Å². The van der Waals surface area contributed by atoms with Crippen LogP contribution in [0.3, 0.4) is 0 Å². The van der Waals surface area contributed by atoms with Gasteiger partial charge in [-0.2, -0.15) is 9.03 Å². The molecule has 1 saturated heterocycles. The summed E-state index contributed by atoms with van der Waals surface area (Å²) < 4.78 is 55.5. The molecule has 2 aliphatic rings. The fourth-order valence-electron chi connectivity index (χ4n) is 4.88. The van der Waals surface area contributed by atoms with E-state index in [1.54, 1.807) is 23.6 Å². The first kappa shape index (κ1) is 27.8. The van der Waals surface area contributed by atoms with Crippen LogP contribution < -0.4 is 10.0 Å². The molecule has 0 unspecified atom stereocenters. The van der Waals surface area contributed by atoms with Crippen molar-refractivity contribution < 1.29 is 26.4 Å². The van der Waals surface area contributed by atoms with Crippen LogP contribution in [-0.4, -0.2) is 63.0 Å². The molecule has 37 heavy (non-hydrogen) atoms. The van der Waals surface area contributed by atoms with Crippen molar-refractivity contribution in [1.82, 2.24) is 19.3 Å². The van der Waals surface area contributed by atoms with Crippen molar-refractivity contribution in [2.24, 2.45) is 5.92 Å². The first-order chi connectivity index (χ1) is 17.7. The number of amides is 1. The van der Waals surface area contributed by atoms with Gasteiger partial charge in [0, 0.05) is 12.7 Å². The molecule has 2 aromatic rings. The Morgan fingerprint density at radius 2 is 1.84 bits per heavy atom. The summed E-state index contributed by atoms with van der Waals surface area (Å²) in [7, 11) is -7.86. The Bertz CT molecular complexity index is 1280. The Morgan fingerprint density at radius 3 is 2.51 bits per heavy atom. The lowest BCUT2D eigenvalue weighted by Gasteiger charge is -2.27. The lowest BCUT2D eigenvalue weighted by Crippen LogP contribution is -2.52. The van der Waals surface area contributed by atoms with Gasteiger partial charge in [-0.05, 0) is 48.8 Å². The number of nitrogens with zero attached hydrogens (tertiary/aromatic N) is 2. The number of ketones is 1. The number of carbonyl (C=O) groups excluding carboxylic acids is 2. The van der Waals surface area contributed by atoms with Crippen LogP contribution in [0.2, 0.25) is 0 Å². The number of carbonyl (C=O) groups is 2. The average Bonchev–Trinajstić information content (AvgIpc) is 3.38. The zero-order chi connectivity index (χ0) is 26.5. The number of hydrogen-bond acceptors (Lipinski definition) is 8. The molecule has 0 aromatic carbocycles. The number of Topliss-reactive ketones (excluding diaryl/α,β-unsaturated/α-hetero) is 1. The third-order valence-corrected chi connectivity index (χ3v) is 11.5. The largest absolute Gasteiger partial charge is 0.345 e. The molecule has 2 N–H and O–H groups in total. The van der Waals surface area contributed by atoms with Gasteiger partial charge in [0.15, 0.2) is 10.8 Å². The van der Waals surface area contributed by atoms with E-state index < -0.39 is 50.4 Å². The molecule has 202 valence electrons. The van der Waals surface area contributed by atoms with E-state index in [1.165, 1.54) is 18.3 Å². The predicted octanol–water partition coefficient (Wildman–Crippen LogP) is 2.30. The molecule has 2 aromatic heterocycles. The van der Waals surface area contributed by atoms with Crippen LogP contribution in [-0.2, 0) is 29.6 Å². The summed E-state index contributed by atoms with van der Waals surface area (Å²) in [5.41, 5.74) is 0. The topological polar surface area (TPSA) is 143 Å². The van der Waals surface area contributed by atoms with Crippen LogP contribution in [0.5, 0.6) is 0 Å². The summed E-state index contributed by atoms with van der Waals surface area (Å²) in [4.78, 5) is 30.3. The smallest absolute Gasteiger partial charge is 0.260 e. The standard InChI is InChI=1S/C24H32N4O6S3/c29-21-17-28(37(33,34)22-11-4-5-13-25-22)14-6-10-19(21)26-24(30)20(16-18-8-2-1-3-9-18)27-36(31,32)23-12-7-15-35-23/h4-5,7,11-13,15,18-20,27H,1-3,6,8-10,14,16-17H2,(H,26,30)/t19-,20-/m0/s1. The Hall–Kier alpha value is -2.19. The fourth-order valence-corrected chi connectivity index (χ4v) is 8.48. The van der Waals surface area contributed by atoms with Gasteiger partial charge >= 0.3 is 0 Å². The van der Waals surface area contributed by atoms with Crippen molar-refractivity contribution in [3.05, 3.63) is 41.9 Å². The predicted molar refractivity (Wildman–Crippen MR) is 139 cm³/mol. The summed E-state index contributed by atoms with van der Waals surface area (Å²) in [5, 5.41) is 4.24. The van der Waals surface area contributed by atoms with Crippen molar-refractivity contribution in [3.63, 3.8) is 0 Å². The van der Waals surface area contributed by atoms with Crippen LogP contribution in [0.25, 0.3) is 0 Å². The van der Waals surface area contributed by atoms with E-state index in [2.05, 4.69) is 15.0 Å². The van der Waals surface area contributed by atoms with E-state index in [9.17, 15) is 26.4 Å². The summed E-state index contributed by atoms with van der Waals surface area (Å²) in [6.07, 6.45) is 7.39. The number of hydrogen-bond donors (Lipinski definition) is 2. The Balaban J connectivity index is 1.47. The van der Waals surface area contributed by atoms with Crippen LogP contribution in [0.15, 0.2) is 51.1 Å². The first-order valence-corrected chi connectivity index (χ1v) is 16.3. The number of pyridine rings is 1. The molecule has 0 radical (unpaired) electrons. The lowest BCUT2D eigenvalue weighted by atomic mass is 9.85. The fraction of sp³-hybridized carbons (Fsp3) is 0.542. The molecule has 1 amide bonds. The van der Waals surface area contributed by atoms with Crippen LogP contribution in [0, 0.1) is 5.92 Å². The third-order valence-electron chi connectivity index (χ3n) is 6.85. The zero-order valence-electron chi connectivity index (χ0n) is 20.4. The highest BCUT2D eigenvalue weighted by Gasteiger charge is 2.36. The van der Waals surface area contributed by atoms with Crippen molar-refractivity contribution in [2.75, 3.05) is 13.1 Å². The summed E-state index contributed by atoms with van der Waals surface area (Å²) >= 11 is 1.07. The summed E-state index contributed by atoms with van der Waals surface area (Å²) in [5.74, 6) is -0.799. The highest BCUT2D eigenvalue weighted by Crippen LogP contribution is 2.28. The minimum absolute atomic E-state index is 0.119. The maximum absolute atomic E-state index is 13.4. The molecule has 2 atom stereocenters. The molecule has 1 aliphatic heterocycles. The van der Waals surface area contributed by atoms with Gasteiger partial charge in [0.2, 0.25) is 5.91 Å². The van der Waals surface area contributed by atoms with E-state index in [0.29, 0.717) is 12.8 Å². The normalized spacial score (nSPS) is 21.3. The van der Waals surface area contributed by atoms with E-state index in [4.69, 9.17) is 0 Å². The van der Waals surface area contributed by atoms with E-state index in [1.807, 2.05) is 0 Å². The van der Waals surface area contributed by atoms with Gasteiger partial charge in [0.1, 0.15) is 10.3 Å². The average molecular weight is 569 g/mol. The minimum atomic E-state index is -3.96. The number of rotatable bonds is 9. The monoisotopic (exact) mass is 568 g/mol. The Kier molecular flexibility index (Phi) is 9.11. The second-order valence-electron chi connectivity index (χ2n) is 9.52. The first-order valence-electron chi connectivity index (χ1n) is 12.5. The SMILES string of the molecule is O=C1CN(S(=O)(=O)c2ccccn2)CCC[C@@H]1NC(=O)[C@H](CC1CCCCC1)NS(=O)(=O)c1cccs1. The number of sulfonamides is 2. The summed E-state index contributed by atoms with van der Waals surface area (Å²) in [6, 6.07) is 5.72. The Morgan fingerprint density at radius 1 is 1.05 bits per heavy atom. The van der Waals surface area contributed by atoms with Crippen LogP contribution in [0.4, 0.5) is 0 Å². The highest BCUT2D eigenvalue weighted by atomic mass is 32.2. The molecule has 3 heterocycles. The molecular weight excluding hydrogens is 536 g/mol. The van der Waals surface area contributed by atoms with Crippen LogP contribution >= 0.6 is 11.3 Å². The molecular formula is C24H32N4O6S3. The molecule has 13 heteroatoms. The van der Waals surface area contributed by atoms with Gasteiger partial charge in [-0.3, -0.25) is 9.59 Å². The third kappa shape index (κ3) is 7.02. The molecule has 0 spiro atoms. The van der Waals surface area contributed by atoms with Gasteiger partial charge in [-0.25, -0.2) is 21.8 Å². The molecule has 1 saturated carbocycles. The molecule has 0 bridgehead atoms. The minimum Gasteiger partial charge on any atom is -0.345 e. The number of nitrogens with one attached hydrogen (secondary N) is 2. The molecule has 1 aliphatic carbocycles. The second kappa shape index (κ2) is 12.1. The maximum atomic E-state index is 13.4. The molecule has 4 rings (SSSR count). The number of aromatic nitrogens is 1. The highest BCUT2D eigenvalue weighted by molar-refractivity contribution is 7.91. The number of thiophene rings is 1. The van der Waals surface area contributed by atoms with Gasteiger partial charge in [0.05, 0.1) is 12.6 Å². The van der Waals surface area contributed by atoms with Gasteiger partial charge in [-0.15, -0.1) is 11.3 Å². The van der Waals surface area contributed by atoms with Crippen molar-refractivity contribution in [1.29, 1.82) is 0 Å². The van der Waals surface area contributed by atoms with E-state index in [0.717, 1.165) is 47.7 Å². The summed E-state index contributed by atoms with van der Waals surface area (Å²) in [6.45, 7) is -0.272.